The van der Waals surface area contributed by atoms with E-state index in [1.165, 1.54) is 23.4 Å². The van der Waals surface area contributed by atoms with Crippen molar-refractivity contribution < 1.29 is 13.9 Å². The molecule has 5 rings (SSSR count). The number of ether oxygens (including phenoxy) is 1. The predicted molar refractivity (Wildman–Crippen MR) is 123 cm³/mol. The van der Waals surface area contributed by atoms with E-state index in [2.05, 4.69) is 15.0 Å². The van der Waals surface area contributed by atoms with Gasteiger partial charge in [-0.1, -0.05) is 12.1 Å². The molecule has 0 unspecified atom stereocenters. The maximum Gasteiger partial charge on any atom is 0.261 e. The Morgan fingerprint density at radius 2 is 2.03 bits per heavy atom. The van der Waals surface area contributed by atoms with Gasteiger partial charge < -0.3 is 14.6 Å². The molecule has 34 heavy (non-hydrogen) atoms. The number of hydrogen-bond acceptors (Lipinski definition) is 6. The van der Waals surface area contributed by atoms with Crippen molar-refractivity contribution in [2.45, 2.75) is 32.0 Å². The third-order valence-electron chi connectivity index (χ3n) is 5.89. The molecular weight excluding hydrogens is 441 g/mol. The average molecular weight is 463 g/mol. The highest BCUT2D eigenvalue weighted by Crippen LogP contribution is 2.16. The Kier molecular flexibility index (Phi) is 5.89. The Labute approximate surface area is 192 Å². The highest BCUT2D eigenvalue weighted by Gasteiger charge is 2.24. The van der Waals surface area contributed by atoms with Crippen LogP contribution in [0.4, 0.5) is 4.39 Å². The summed E-state index contributed by atoms with van der Waals surface area (Å²) in [4.78, 5) is 51.5. The second-order valence-electron chi connectivity index (χ2n) is 8.28. The standard InChI is InChI=1S/C24H22FN5O4/c25-15-7-8-19-18(10-15)24(33)30(14-26-19)13-22(31)29(11-16-4-3-9-34-16)12-21-27-20-6-2-1-5-17(20)23(32)28-21/h1-2,5-8,10,14,16H,3-4,9,11-13H2,(H,27,28,32)/t16-/m0/s1. The van der Waals surface area contributed by atoms with E-state index in [0.717, 1.165) is 23.5 Å². The molecule has 9 nitrogen and oxygen atoms in total. The van der Waals surface area contributed by atoms with Crippen LogP contribution in [-0.2, 0) is 22.6 Å². The summed E-state index contributed by atoms with van der Waals surface area (Å²) in [6.07, 6.45) is 2.84. The van der Waals surface area contributed by atoms with E-state index < -0.39 is 11.4 Å². The van der Waals surface area contributed by atoms with Gasteiger partial charge in [-0.2, -0.15) is 0 Å². The molecule has 4 aromatic rings. The van der Waals surface area contributed by atoms with Crippen molar-refractivity contribution in [3.05, 3.63) is 81.1 Å². The average Bonchev–Trinajstić information content (AvgIpc) is 3.34. The highest BCUT2D eigenvalue weighted by atomic mass is 19.1. The first-order valence-electron chi connectivity index (χ1n) is 11.0. The number of halogens is 1. The molecule has 0 saturated carbocycles. The van der Waals surface area contributed by atoms with E-state index >= 15 is 0 Å². The number of benzene rings is 2. The number of rotatable bonds is 6. The van der Waals surface area contributed by atoms with Gasteiger partial charge in [0.05, 0.1) is 40.8 Å². The molecule has 0 spiro atoms. The van der Waals surface area contributed by atoms with Gasteiger partial charge in [0.25, 0.3) is 11.1 Å². The lowest BCUT2D eigenvalue weighted by Gasteiger charge is -2.25. The number of fused-ring (bicyclic) bond motifs is 2. The van der Waals surface area contributed by atoms with Gasteiger partial charge in [0.1, 0.15) is 18.2 Å². The molecule has 2 aromatic heterocycles. The van der Waals surface area contributed by atoms with E-state index in [9.17, 15) is 18.8 Å². The minimum atomic E-state index is -0.554. The molecule has 1 N–H and O–H groups in total. The topological polar surface area (TPSA) is 110 Å². The summed E-state index contributed by atoms with van der Waals surface area (Å²) < 4.78 is 20.5. The smallest absolute Gasteiger partial charge is 0.261 e. The molecule has 1 aliphatic heterocycles. The van der Waals surface area contributed by atoms with E-state index in [-0.39, 0.29) is 36.0 Å². The number of nitrogens with one attached hydrogen (secondary N) is 1. The summed E-state index contributed by atoms with van der Waals surface area (Å²) in [5.74, 6) is -0.589. The summed E-state index contributed by atoms with van der Waals surface area (Å²) >= 11 is 0. The third-order valence-corrected chi connectivity index (χ3v) is 5.89. The fourth-order valence-corrected chi connectivity index (χ4v) is 4.17. The maximum atomic E-state index is 13.7. The Morgan fingerprint density at radius 1 is 1.18 bits per heavy atom. The largest absolute Gasteiger partial charge is 0.376 e. The fraction of sp³-hybridized carbons (Fsp3) is 0.292. The van der Waals surface area contributed by atoms with Crippen LogP contribution in [0, 0.1) is 5.82 Å². The molecule has 0 bridgehead atoms. The van der Waals surface area contributed by atoms with Gasteiger partial charge in [-0.25, -0.2) is 14.4 Å². The zero-order chi connectivity index (χ0) is 23.7. The molecule has 0 aliphatic carbocycles. The van der Waals surface area contributed by atoms with E-state index in [1.54, 1.807) is 24.3 Å². The summed E-state index contributed by atoms with van der Waals surface area (Å²) in [5, 5.41) is 0.561. The van der Waals surface area contributed by atoms with Crippen molar-refractivity contribution >= 4 is 27.7 Å². The summed E-state index contributed by atoms with van der Waals surface area (Å²) in [7, 11) is 0. The number of amides is 1. The maximum absolute atomic E-state index is 13.7. The summed E-state index contributed by atoms with van der Waals surface area (Å²) in [5.41, 5.74) is 0.0845. The van der Waals surface area contributed by atoms with Crippen LogP contribution in [0.1, 0.15) is 18.7 Å². The number of nitrogens with zero attached hydrogens (tertiary/aromatic N) is 4. The van der Waals surface area contributed by atoms with Crippen LogP contribution in [0.2, 0.25) is 0 Å². The van der Waals surface area contributed by atoms with Gasteiger partial charge >= 0.3 is 0 Å². The number of aromatic amines is 1. The first-order chi connectivity index (χ1) is 16.5. The minimum absolute atomic E-state index is 0.0448. The molecule has 10 heteroatoms. The molecule has 1 atom stereocenters. The lowest BCUT2D eigenvalue weighted by Crippen LogP contribution is -2.41. The predicted octanol–water partition coefficient (Wildman–Crippen LogP) is 1.98. The monoisotopic (exact) mass is 463 g/mol. The van der Waals surface area contributed by atoms with Gasteiger partial charge in [-0.15, -0.1) is 0 Å². The van der Waals surface area contributed by atoms with Gasteiger partial charge in [-0.05, 0) is 43.2 Å². The molecule has 2 aromatic carbocycles. The first kappa shape index (κ1) is 21.9. The van der Waals surface area contributed by atoms with E-state index in [0.29, 0.717) is 35.4 Å². The number of hydrogen-bond donors (Lipinski definition) is 1. The van der Waals surface area contributed by atoms with E-state index in [1.807, 2.05) is 0 Å². The molecular formula is C24H22FN5O4. The van der Waals surface area contributed by atoms with Gasteiger partial charge in [0.15, 0.2) is 0 Å². The molecule has 1 aliphatic rings. The lowest BCUT2D eigenvalue weighted by atomic mass is 10.2. The fourth-order valence-electron chi connectivity index (χ4n) is 4.17. The van der Waals surface area contributed by atoms with Crippen molar-refractivity contribution in [1.82, 2.24) is 24.4 Å². The number of H-pyrrole nitrogens is 1. The van der Waals surface area contributed by atoms with Crippen molar-refractivity contribution in [3.8, 4) is 0 Å². The first-order valence-corrected chi connectivity index (χ1v) is 11.0. The van der Waals surface area contributed by atoms with E-state index in [4.69, 9.17) is 4.74 Å². The van der Waals surface area contributed by atoms with Gasteiger partial charge in [0, 0.05) is 13.2 Å². The second kappa shape index (κ2) is 9.14. The highest BCUT2D eigenvalue weighted by molar-refractivity contribution is 5.79. The Bertz CT molecular complexity index is 1490. The zero-order valence-corrected chi connectivity index (χ0v) is 18.2. The van der Waals surface area contributed by atoms with Crippen LogP contribution in [0.15, 0.2) is 58.4 Å². The van der Waals surface area contributed by atoms with Crippen LogP contribution in [-0.4, -0.2) is 49.6 Å². The van der Waals surface area contributed by atoms with Gasteiger partial charge in [-0.3, -0.25) is 19.0 Å². The quantitative estimate of drug-likeness (QED) is 0.468. The molecule has 174 valence electrons. The van der Waals surface area contributed by atoms with Crippen molar-refractivity contribution in [2.24, 2.45) is 0 Å². The van der Waals surface area contributed by atoms with Crippen LogP contribution in [0.5, 0.6) is 0 Å². The Morgan fingerprint density at radius 3 is 2.85 bits per heavy atom. The van der Waals surface area contributed by atoms with Crippen LogP contribution in [0.25, 0.3) is 21.8 Å². The van der Waals surface area contributed by atoms with Gasteiger partial charge in [0.2, 0.25) is 5.91 Å². The van der Waals surface area contributed by atoms with Crippen LogP contribution >= 0.6 is 0 Å². The summed E-state index contributed by atoms with van der Waals surface area (Å²) in [6, 6.07) is 10.7. The van der Waals surface area contributed by atoms with Crippen LogP contribution < -0.4 is 11.1 Å². The minimum Gasteiger partial charge on any atom is -0.376 e. The zero-order valence-electron chi connectivity index (χ0n) is 18.2. The van der Waals surface area contributed by atoms with Crippen molar-refractivity contribution in [1.29, 1.82) is 0 Å². The Balaban J connectivity index is 1.44. The van der Waals surface area contributed by atoms with Crippen LogP contribution in [0.3, 0.4) is 0 Å². The lowest BCUT2D eigenvalue weighted by molar-refractivity contribution is -0.134. The van der Waals surface area contributed by atoms with Crippen molar-refractivity contribution in [3.63, 3.8) is 0 Å². The molecule has 1 amide bonds. The molecule has 0 radical (unpaired) electrons. The SMILES string of the molecule is O=C(Cn1cnc2ccc(F)cc2c1=O)N(Cc1nc2ccccc2c(=O)[nH]1)C[C@@H]1CCCO1. The second-order valence-corrected chi connectivity index (χ2v) is 8.28. The van der Waals surface area contributed by atoms with Crippen molar-refractivity contribution in [2.75, 3.05) is 13.2 Å². The third kappa shape index (κ3) is 4.44. The normalized spacial score (nSPS) is 15.7. The Hall–Kier alpha value is -3.92. The molecule has 3 heterocycles. The molecule has 1 fully saturated rings. The summed E-state index contributed by atoms with van der Waals surface area (Å²) in [6.45, 7) is 0.670. The number of aromatic nitrogens is 4. The number of para-hydroxylation sites is 1. The number of carbonyl (C=O) groups is 1. The molecule has 1 saturated heterocycles. The number of carbonyl (C=O) groups excluding carboxylic acids is 1.